The van der Waals surface area contributed by atoms with Crippen LogP contribution in [-0.4, -0.2) is 21.6 Å². The number of aromatic nitrogens is 3. The quantitative estimate of drug-likeness (QED) is 0.300. The number of anilines is 1. The number of hydrogen-bond acceptors (Lipinski definition) is 5. The Morgan fingerprint density at radius 2 is 1.80 bits per heavy atom. The molecule has 0 aliphatic heterocycles. The highest BCUT2D eigenvalue weighted by atomic mass is 79.9. The molecule has 1 atom stereocenters. The number of fused-ring (bicyclic) bond motifs is 1. The first-order chi connectivity index (χ1) is 16.7. The third-order valence-electron chi connectivity index (χ3n) is 5.63. The van der Waals surface area contributed by atoms with Crippen molar-refractivity contribution in [3.05, 3.63) is 91.7 Å². The van der Waals surface area contributed by atoms with Crippen LogP contribution in [-0.2, 0) is 6.54 Å². The van der Waals surface area contributed by atoms with Gasteiger partial charge in [0, 0.05) is 5.56 Å². The molecule has 10 heteroatoms. The average Bonchev–Trinajstić information content (AvgIpc) is 2.83. The summed E-state index contributed by atoms with van der Waals surface area (Å²) in [6, 6.07) is 12.1. The van der Waals surface area contributed by atoms with Crippen molar-refractivity contribution >= 4 is 32.8 Å². The van der Waals surface area contributed by atoms with Gasteiger partial charge < -0.3 is 10.1 Å². The minimum absolute atomic E-state index is 0.0813. The van der Waals surface area contributed by atoms with Gasteiger partial charge in [0.05, 0.1) is 35.1 Å². The zero-order valence-electron chi connectivity index (χ0n) is 19.2. The predicted molar refractivity (Wildman–Crippen MR) is 132 cm³/mol. The molecule has 0 aliphatic carbocycles. The molecule has 0 radical (unpaired) electrons. The number of halogens is 4. The van der Waals surface area contributed by atoms with Crippen molar-refractivity contribution in [2.75, 3.05) is 12.4 Å². The standard InChI is InChI=1S/C25H22BrF3N4O2/c1-13(17-5-4-6-18(21(17)27)22(28)29)30-23-19-11-20(26)25(34)33(24(19)32-14(2)31-23)12-15-7-9-16(35-3)10-8-15/h4-11,13,22H,12H2,1-3H3,(H,30,31,32)/t13-/m1/s1. The van der Waals surface area contributed by atoms with E-state index in [4.69, 9.17) is 4.74 Å². The van der Waals surface area contributed by atoms with Crippen LogP contribution in [0.25, 0.3) is 11.0 Å². The highest BCUT2D eigenvalue weighted by Crippen LogP contribution is 2.31. The number of ether oxygens (including phenoxy) is 1. The molecule has 2 heterocycles. The van der Waals surface area contributed by atoms with Crippen LogP contribution in [0.4, 0.5) is 19.0 Å². The van der Waals surface area contributed by atoms with Crippen molar-refractivity contribution in [1.29, 1.82) is 0 Å². The summed E-state index contributed by atoms with van der Waals surface area (Å²) in [5.41, 5.74) is 0.394. The van der Waals surface area contributed by atoms with Crippen LogP contribution in [0.15, 0.2) is 57.8 Å². The Kier molecular flexibility index (Phi) is 7.11. The van der Waals surface area contributed by atoms with Gasteiger partial charge in [-0.05, 0) is 53.5 Å². The summed E-state index contributed by atoms with van der Waals surface area (Å²) in [7, 11) is 1.58. The van der Waals surface area contributed by atoms with E-state index in [2.05, 4.69) is 31.2 Å². The van der Waals surface area contributed by atoms with E-state index in [-0.39, 0.29) is 17.7 Å². The predicted octanol–water partition coefficient (Wildman–Crippen LogP) is 6.17. The summed E-state index contributed by atoms with van der Waals surface area (Å²) < 4.78 is 48.1. The molecule has 4 aromatic rings. The van der Waals surface area contributed by atoms with E-state index in [0.717, 1.165) is 11.6 Å². The van der Waals surface area contributed by atoms with Gasteiger partial charge in [0.2, 0.25) is 0 Å². The molecule has 0 amide bonds. The Hall–Kier alpha value is -3.40. The molecule has 1 N–H and O–H groups in total. The van der Waals surface area contributed by atoms with E-state index in [1.54, 1.807) is 39.2 Å². The second-order valence-electron chi connectivity index (χ2n) is 8.01. The summed E-state index contributed by atoms with van der Waals surface area (Å²) in [5.74, 6) is 0.474. The van der Waals surface area contributed by atoms with E-state index in [1.807, 2.05) is 12.1 Å². The molecule has 2 aromatic heterocycles. The summed E-state index contributed by atoms with van der Waals surface area (Å²) in [5, 5.41) is 3.63. The third-order valence-corrected chi connectivity index (χ3v) is 6.19. The molecule has 0 bridgehead atoms. The lowest BCUT2D eigenvalue weighted by Gasteiger charge is -2.20. The van der Waals surface area contributed by atoms with Crippen LogP contribution in [0.3, 0.4) is 0 Å². The molecule has 0 fully saturated rings. The van der Waals surface area contributed by atoms with E-state index in [9.17, 15) is 18.0 Å². The topological polar surface area (TPSA) is 69.0 Å². The fourth-order valence-electron chi connectivity index (χ4n) is 3.84. The highest BCUT2D eigenvalue weighted by molar-refractivity contribution is 9.10. The van der Waals surface area contributed by atoms with Gasteiger partial charge in [0.1, 0.15) is 28.9 Å². The first-order valence-electron chi connectivity index (χ1n) is 10.7. The van der Waals surface area contributed by atoms with Crippen LogP contribution in [0.2, 0.25) is 0 Å². The SMILES string of the molecule is COc1ccc(Cn2c(=O)c(Br)cc3c(N[C@H](C)c4cccc(C(F)F)c4F)nc(C)nc32)cc1. The number of benzene rings is 2. The Bertz CT molecular complexity index is 1440. The summed E-state index contributed by atoms with van der Waals surface area (Å²) in [4.78, 5) is 22.0. The molecule has 0 saturated heterocycles. The Morgan fingerprint density at radius 1 is 1.11 bits per heavy atom. The van der Waals surface area contributed by atoms with Crippen LogP contribution in [0.1, 0.15) is 41.9 Å². The van der Waals surface area contributed by atoms with Crippen molar-refractivity contribution in [2.45, 2.75) is 32.9 Å². The lowest BCUT2D eigenvalue weighted by molar-refractivity contribution is 0.146. The maximum atomic E-state index is 14.7. The van der Waals surface area contributed by atoms with Gasteiger partial charge in [-0.1, -0.05) is 30.3 Å². The van der Waals surface area contributed by atoms with Gasteiger partial charge in [0.25, 0.3) is 12.0 Å². The molecular weight excluding hydrogens is 525 g/mol. The Morgan fingerprint density at radius 3 is 2.46 bits per heavy atom. The van der Waals surface area contributed by atoms with Gasteiger partial charge >= 0.3 is 0 Å². The molecule has 0 aliphatic rings. The summed E-state index contributed by atoms with van der Waals surface area (Å²) in [6.07, 6.45) is -2.92. The van der Waals surface area contributed by atoms with Crippen LogP contribution < -0.4 is 15.6 Å². The number of methoxy groups -OCH3 is 1. The van der Waals surface area contributed by atoms with E-state index >= 15 is 0 Å². The molecular formula is C25H22BrF3N4O2. The van der Waals surface area contributed by atoms with Crippen LogP contribution >= 0.6 is 15.9 Å². The molecule has 4 rings (SSSR count). The number of aryl methyl sites for hydroxylation is 1. The average molecular weight is 547 g/mol. The lowest BCUT2D eigenvalue weighted by Crippen LogP contribution is -2.23. The fourth-order valence-corrected chi connectivity index (χ4v) is 4.29. The first-order valence-corrected chi connectivity index (χ1v) is 11.5. The monoisotopic (exact) mass is 546 g/mol. The second-order valence-corrected chi connectivity index (χ2v) is 8.86. The molecule has 0 saturated carbocycles. The minimum Gasteiger partial charge on any atom is -0.497 e. The number of pyridine rings is 1. The molecule has 6 nitrogen and oxygen atoms in total. The van der Waals surface area contributed by atoms with Crippen molar-refractivity contribution in [3.63, 3.8) is 0 Å². The van der Waals surface area contributed by atoms with Gasteiger partial charge in [-0.2, -0.15) is 0 Å². The summed E-state index contributed by atoms with van der Waals surface area (Å²) >= 11 is 3.32. The van der Waals surface area contributed by atoms with Crippen molar-refractivity contribution in [3.8, 4) is 5.75 Å². The highest BCUT2D eigenvalue weighted by Gasteiger charge is 2.21. The minimum atomic E-state index is -2.92. The number of nitrogens with one attached hydrogen (secondary N) is 1. The molecule has 35 heavy (non-hydrogen) atoms. The maximum absolute atomic E-state index is 14.7. The lowest BCUT2D eigenvalue weighted by atomic mass is 10.0. The van der Waals surface area contributed by atoms with Crippen LogP contribution in [0.5, 0.6) is 5.75 Å². The number of alkyl halides is 2. The zero-order valence-corrected chi connectivity index (χ0v) is 20.7. The van der Waals surface area contributed by atoms with Crippen molar-refractivity contribution in [2.24, 2.45) is 0 Å². The maximum Gasteiger partial charge on any atom is 0.266 e. The normalized spacial score (nSPS) is 12.2. The van der Waals surface area contributed by atoms with E-state index in [0.29, 0.717) is 32.9 Å². The Labute approximate surface area is 207 Å². The third kappa shape index (κ3) is 5.02. The largest absolute Gasteiger partial charge is 0.497 e. The van der Waals surface area contributed by atoms with E-state index < -0.39 is 23.8 Å². The van der Waals surface area contributed by atoms with Crippen LogP contribution in [0, 0.1) is 12.7 Å². The van der Waals surface area contributed by atoms with Crippen molar-refractivity contribution in [1.82, 2.24) is 14.5 Å². The molecule has 0 unspecified atom stereocenters. The Balaban J connectivity index is 1.79. The van der Waals surface area contributed by atoms with E-state index in [1.165, 1.54) is 16.7 Å². The van der Waals surface area contributed by atoms with Gasteiger partial charge in [-0.15, -0.1) is 0 Å². The number of rotatable bonds is 7. The molecule has 182 valence electrons. The van der Waals surface area contributed by atoms with Gasteiger partial charge in [-0.25, -0.2) is 23.1 Å². The molecule has 2 aromatic carbocycles. The summed E-state index contributed by atoms with van der Waals surface area (Å²) in [6.45, 7) is 3.58. The second kappa shape index (κ2) is 10.1. The fraction of sp³-hybridized carbons (Fsp3) is 0.240. The molecule has 0 spiro atoms. The first kappa shape index (κ1) is 24.7. The van der Waals surface area contributed by atoms with Gasteiger partial charge in [0.15, 0.2) is 0 Å². The zero-order chi connectivity index (χ0) is 25.3. The number of hydrogen-bond donors (Lipinski definition) is 1. The number of nitrogens with zero attached hydrogens (tertiary/aromatic N) is 3. The smallest absolute Gasteiger partial charge is 0.266 e. The van der Waals surface area contributed by atoms with Gasteiger partial charge in [-0.3, -0.25) is 9.36 Å². The van der Waals surface area contributed by atoms with Crippen molar-refractivity contribution < 1.29 is 17.9 Å².